The molecule has 1 unspecified atom stereocenters. The molecule has 1 aliphatic rings. The van der Waals surface area contributed by atoms with Crippen molar-refractivity contribution in [3.05, 3.63) is 63.2 Å². The highest BCUT2D eigenvalue weighted by Crippen LogP contribution is 2.29. The lowest BCUT2D eigenvalue weighted by molar-refractivity contribution is -0.384. The molecule has 9 heteroatoms. The first-order chi connectivity index (χ1) is 12.7. The Bertz CT molecular complexity index is 958. The molecule has 0 aromatic heterocycles. The molecule has 1 heterocycles. The van der Waals surface area contributed by atoms with Gasteiger partial charge in [0.25, 0.3) is 11.6 Å². The molecule has 0 bridgehead atoms. The minimum Gasteiger partial charge on any atom is -0.333 e. The maximum absolute atomic E-state index is 12.6. The molecule has 1 atom stereocenters. The van der Waals surface area contributed by atoms with Gasteiger partial charge in [0.05, 0.1) is 10.7 Å². The number of nitrogens with zero attached hydrogens (tertiary/aromatic N) is 1. The number of nitro benzene ring substituents is 1. The maximum Gasteiger partial charge on any atom is 0.270 e. The van der Waals surface area contributed by atoms with E-state index in [1.54, 1.807) is 24.3 Å². The molecule has 2 aromatic rings. The fourth-order valence-electron chi connectivity index (χ4n) is 2.61. The van der Waals surface area contributed by atoms with Gasteiger partial charge >= 0.3 is 0 Å². The summed E-state index contributed by atoms with van der Waals surface area (Å²) in [7, 11) is 0. The van der Waals surface area contributed by atoms with Crippen LogP contribution in [0.15, 0.2) is 42.5 Å². The van der Waals surface area contributed by atoms with E-state index in [2.05, 4.69) is 5.32 Å². The molecule has 1 aliphatic heterocycles. The Morgan fingerprint density at radius 1 is 1.19 bits per heavy atom. The van der Waals surface area contributed by atoms with Crippen LogP contribution in [0.2, 0.25) is 5.02 Å². The zero-order chi connectivity index (χ0) is 19.8. The minimum atomic E-state index is -1.63. The van der Waals surface area contributed by atoms with E-state index in [0.29, 0.717) is 16.1 Å². The second kappa shape index (κ2) is 7.13. The van der Waals surface area contributed by atoms with Crippen LogP contribution in [0.25, 0.3) is 11.1 Å². The molecule has 0 radical (unpaired) electrons. The van der Waals surface area contributed by atoms with Gasteiger partial charge in [-0.25, -0.2) is 0 Å². The van der Waals surface area contributed by atoms with E-state index in [4.69, 9.17) is 11.6 Å². The average molecular weight is 405 g/mol. The van der Waals surface area contributed by atoms with Gasteiger partial charge in [0, 0.05) is 22.7 Å². The third-order valence-electron chi connectivity index (χ3n) is 4.23. The molecule has 7 nitrogen and oxygen atoms in total. The monoisotopic (exact) mass is 404 g/mol. The molecular weight excluding hydrogens is 392 g/mol. The Kier molecular flexibility index (Phi) is 5.03. The fourth-order valence-corrected chi connectivity index (χ4v) is 3.74. The molecule has 1 saturated heterocycles. The van der Waals surface area contributed by atoms with E-state index >= 15 is 0 Å². The number of non-ortho nitro benzene ring substituents is 1. The normalized spacial score (nSPS) is 19.2. The number of nitrogens with one attached hydrogen (secondary N) is 1. The number of benzene rings is 2. The molecule has 27 heavy (non-hydrogen) atoms. The van der Waals surface area contributed by atoms with Gasteiger partial charge < -0.3 is 5.32 Å². The van der Waals surface area contributed by atoms with Crippen LogP contribution in [0.4, 0.5) is 5.69 Å². The first kappa shape index (κ1) is 19.1. The molecule has 138 valence electrons. The summed E-state index contributed by atoms with van der Waals surface area (Å²) < 4.78 is 0. The SMILES string of the molecule is CC1(NC(=O)c2cc(-c3ccc(Cl)cc3)cc([N+](=O)[O-])c2)C(=O)CSC1=O. The van der Waals surface area contributed by atoms with Crippen LogP contribution >= 0.6 is 23.4 Å². The largest absolute Gasteiger partial charge is 0.333 e. The summed E-state index contributed by atoms with van der Waals surface area (Å²) in [6.07, 6.45) is 0. The quantitative estimate of drug-likeness (QED) is 0.476. The number of Topliss-reactive ketones (excluding diaryl/α,β-unsaturated/α-hetero) is 1. The molecule has 2 aromatic carbocycles. The number of carbonyl (C=O) groups is 3. The number of hydrogen-bond acceptors (Lipinski definition) is 6. The number of halogens is 1. The van der Waals surface area contributed by atoms with E-state index in [-0.39, 0.29) is 17.0 Å². The Morgan fingerprint density at radius 2 is 1.85 bits per heavy atom. The summed E-state index contributed by atoms with van der Waals surface area (Å²) in [6.45, 7) is 1.34. The number of rotatable bonds is 4. The number of hydrogen-bond donors (Lipinski definition) is 1. The molecule has 3 rings (SSSR count). The predicted octanol–water partition coefficient (Wildman–Crippen LogP) is 3.25. The minimum absolute atomic E-state index is 0.0133. The van der Waals surface area contributed by atoms with Crippen LogP contribution in [0, 0.1) is 10.1 Å². The van der Waals surface area contributed by atoms with Crippen molar-refractivity contribution in [2.75, 3.05) is 5.75 Å². The summed E-state index contributed by atoms with van der Waals surface area (Å²) in [5.41, 5.74) is -0.863. The van der Waals surface area contributed by atoms with Gasteiger partial charge in [-0.2, -0.15) is 0 Å². The Morgan fingerprint density at radius 3 is 2.41 bits per heavy atom. The third-order valence-corrected chi connectivity index (χ3v) is 5.56. The summed E-state index contributed by atoms with van der Waals surface area (Å²) in [6, 6.07) is 10.5. The van der Waals surface area contributed by atoms with E-state index in [0.717, 1.165) is 17.8 Å². The van der Waals surface area contributed by atoms with Gasteiger partial charge in [0.15, 0.2) is 11.3 Å². The second-order valence-corrected chi connectivity index (χ2v) is 7.50. The maximum atomic E-state index is 12.6. The lowest BCUT2D eigenvalue weighted by Crippen LogP contribution is -2.54. The summed E-state index contributed by atoms with van der Waals surface area (Å²) >= 11 is 6.70. The second-order valence-electron chi connectivity index (χ2n) is 6.11. The summed E-state index contributed by atoms with van der Waals surface area (Å²) in [4.78, 5) is 47.3. The Balaban J connectivity index is 2.00. The summed E-state index contributed by atoms with van der Waals surface area (Å²) in [5.74, 6) is -1.16. The first-order valence-electron chi connectivity index (χ1n) is 7.79. The van der Waals surface area contributed by atoms with Gasteiger partial charge in [-0.15, -0.1) is 0 Å². The van der Waals surface area contributed by atoms with Crippen molar-refractivity contribution in [1.29, 1.82) is 0 Å². The topological polar surface area (TPSA) is 106 Å². The van der Waals surface area contributed by atoms with Crippen LogP contribution in [-0.4, -0.2) is 33.0 Å². The molecule has 1 fully saturated rings. The van der Waals surface area contributed by atoms with Crippen LogP contribution in [0.1, 0.15) is 17.3 Å². The van der Waals surface area contributed by atoms with Crippen molar-refractivity contribution in [3.8, 4) is 11.1 Å². The highest BCUT2D eigenvalue weighted by Gasteiger charge is 2.47. The highest BCUT2D eigenvalue weighted by atomic mass is 35.5. The molecule has 1 N–H and O–H groups in total. The molecule has 0 aliphatic carbocycles. The van der Waals surface area contributed by atoms with Crippen molar-refractivity contribution in [1.82, 2.24) is 5.32 Å². The molecular formula is C18H13ClN2O5S. The van der Waals surface area contributed by atoms with Gasteiger partial charge in [-0.1, -0.05) is 35.5 Å². The van der Waals surface area contributed by atoms with Crippen molar-refractivity contribution in [2.24, 2.45) is 0 Å². The van der Waals surface area contributed by atoms with Gasteiger partial charge in [-0.05, 0) is 36.2 Å². The number of carbonyl (C=O) groups excluding carboxylic acids is 3. The van der Waals surface area contributed by atoms with Crippen LogP contribution in [0.5, 0.6) is 0 Å². The number of amides is 1. The Labute approximate surface area is 163 Å². The first-order valence-corrected chi connectivity index (χ1v) is 9.15. The number of ketones is 1. The molecule has 0 saturated carbocycles. The average Bonchev–Trinajstić information content (AvgIpc) is 2.89. The Hall–Kier alpha value is -2.71. The van der Waals surface area contributed by atoms with Gasteiger partial charge in [0.2, 0.25) is 5.12 Å². The number of nitro groups is 1. The van der Waals surface area contributed by atoms with Crippen LogP contribution < -0.4 is 5.32 Å². The fraction of sp³-hybridized carbons (Fsp3) is 0.167. The van der Waals surface area contributed by atoms with E-state index in [1.165, 1.54) is 19.1 Å². The third kappa shape index (κ3) is 3.72. The standard InChI is InChI=1S/C18H13ClN2O5S/c1-18(15(22)9-27-17(18)24)20-16(23)12-6-11(7-14(8-12)21(25)26)10-2-4-13(19)5-3-10/h2-8H,9H2,1H3,(H,20,23). The van der Waals surface area contributed by atoms with Gasteiger partial charge in [0.1, 0.15) is 0 Å². The van der Waals surface area contributed by atoms with E-state index < -0.39 is 27.3 Å². The van der Waals surface area contributed by atoms with Crippen LogP contribution in [-0.2, 0) is 9.59 Å². The lowest BCUT2D eigenvalue weighted by atomic mass is 9.97. The van der Waals surface area contributed by atoms with Crippen molar-refractivity contribution >= 4 is 45.9 Å². The summed E-state index contributed by atoms with van der Waals surface area (Å²) in [5, 5.41) is 13.7. The van der Waals surface area contributed by atoms with Crippen molar-refractivity contribution in [2.45, 2.75) is 12.5 Å². The number of thioether (sulfide) groups is 1. The van der Waals surface area contributed by atoms with E-state index in [9.17, 15) is 24.5 Å². The van der Waals surface area contributed by atoms with E-state index in [1.807, 2.05) is 0 Å². The van der Waals surface area contributed by atoms with Crippen molar-refractivity contribution in [3.63, 3.8) is 0 Å². The smallest absolute Gasteiger partial charge is 0.270 e. The van der Waals surface area contributed by atoms with Crippen LogP contribution in [0.3, 0.4) is 0 Å². The van der Waals surface area contributed by atoms with Gasteiger partial charge in [-0.3, -0.25) is 24.5 Å². The highest BCUT2D eigenvalue weighted by molar-refractivity contribution is 8.15. The predicted molar refractivity (Wildman–Crippen MR) is 102 cm³/mol. The van der Waals surface area contributed by atoms with Crippen molar-refractivity contribution < 1.29 is 19.3 Å². The lowest BCUT2D eigenvalue weighted by Gasteiger charge is -2.21. The molecule has 0 spiro atoms. The zero-order valence-corrected chi connectivity index (χ0v) is 15.6. The molecule has 1 amide bonds. The zero-order valence-electron chi connectivity index (χ0n) is 14.0.